The third kappa shape index (κ3) is 2.12. The van der Waals surface area contributed by atoms with Crippen molar-refractivity contribution in [3.63, 3.8) is 0 Å². The highest BCUT2D eigenvalue weighted by Gasteiger charge is 2.21. The van der Waals surface area contributed by atoms with Crippen LogP contribution in [0.5, 0.6) is 0 Å². The van der Waals surface area contributed by atoms with Crippen LogP contribution in [0.2, 0.25) is 0 Å². The lowest BCUT2D eigenvalue weighted by atomic mass is 9.99. The van der Waals surface area contributed by atoms with E-state index in [1.807, 2.05) is 0 Å². The highest BCUT2D eigenvalue weighted by atomic mass is 16.4. The van der Waals surface area contributed by atoms with Gasteiger partial charge in [0.05, 0.1) is 6.04 Å². The van der Waals surface area contributed by atoms with Crippen molar-refractivity contribution >= 4 is 0 Å². The maximum absolute atomic E-state index is 5.99. The monoisotopic (exact) mass is 195 g/mol. The SMILES string of the molecule is Cc1nnc(C(N)CC2CCCC2)o1. The van der Waals surface area contributed by atoms with Crippen molar-refractivity contribution in [2.45, 2.75) is 45.1 Å². The van der Waals surface area contributed by atoms with E-state index in [9.17, 15) is 0 Å². The van der Waals surface area contributed by atoms with Gasteiger partial charge >= 0.3 is 0 Å². The first-order valence-corrected chi connectivity index (χ1v) is 5.31. The molecule has 1 aromatic heterocycles. The summed E-state index contributed by atoms with van der Waals surface area (Å²) < 4.78 is 5.31. The fourth-order valence-electron chi connectivity index (χ4n) is 2.17. The summed E-state index contributed by atoms with van der Waals surface area (Å²) in [5.41, 5.74) is 5.99. The van der Waals surface area contributed by atoms with Crippen molar-refractivity contribution < 1.29 is 4.42 Å². The Hall–Kier alpha value is -0.900. The normalized spacial score (nSPS) is 20.1. The Morgan fingerprint density at radius 2 is 2.14 bits per heavy atom. The molecule has 4 heteroatoms. The van der Waals surface area contributed by atoms with Crippen LogP contribution in [0.4, 0.5) is 0 Å². The Kier molecular flexibility index (Phi) is 2.82. The van der Waals surface area contributed by atoms with Crippen molar-refractivity contribution in [3.05, 3.63) is 11.8 Å². The summed E-state index contributed by atoms with van der Waals surface area (Å²) in [7, 11) is 0. The first kappa shape index (κ1) is 9.65. The number of aryl methyl sites for hydroxylation is 1. The Bertz CT molecular complexity index is 291. The number of hydrogen-bond donors (Lipinski definition) is 1. The lowest BCUT2D eigenvalue weighted by Crippen LogP contribution is -2.14. The average Bonchev–Trinajstić information content (AvgIpc) is 2.75. The summed E-state index contributed by atoms with van der Waals surface area (Å²) in [6.45, 7) is 1.79. The highest BCUT2D eigenvalue weighted by molar-refractivity contribution is 4.89. The molecule has 1 unspecified atom stereocenters. The molecule has 0 bridgehead atoms. The summed E-state index contributed by atoms with van der Waals surface area (Å²) in [5.74, 6) is 1.95. The van der Waals surface area contributed by atoms with Gasteiger partial charge in [-0.3, -0.25) is 0 Å². The van der Waals surface area contributed by atoms with Crippen molar-refractivity contribution in [2.24, 2.45) is 11.7 Å². The minimum Gasteiger partial charge on any atom is -0.424 e. The molecule has 1 saturated carbocycles. The van der Waals surface area contributed by atoms with Gasteiger partial charge in [-0.25, -0.2) is 0 Å². The lowest BCUT2D eigenvalue weighted by Gasteiger charge is -2.12. The molecule has 2 rings (SSSR count). The topological polar surface area (TPSA) is 64.9 Å². The molecule has 2 N–H and O–H groups in total. The van der Waals surface area contributed by atoms with Gasteiger partial charge in [0.2, 0.25) is 11.8 Å². The van der Waals surface area contributed by atoms with Crippen LogP contribution in [0, 0.1) is 12.8 Å². The van der Waals surface area contributed by atoms with E-state index >= 15 is 0 Å². The van der Waals surface area contributed by atoms with Crippen LogP contribution in [0.1, 0.15) is 49.9 Å². The van der Waals surface area contributed by atoms with Crippen LogP contribution in [-0.4, -0.2) is 10.2 Å². The van der Waals surface area contributed by atoms with Crippen LogP contribution in [0.15, 0.2) is 4.42 Å². The molecule has 14 heavy (non-hydrogen) atoms. The molecule has 0 amide bonds. The summed E-state index contributed by atoms with van der Waals surface area (Å²) in [4.78, 5) is 0. The van der Waals surface area contributed by atoms with E-state index in [0.717, 1.165) is 12.3 Å². The molecular weight excluding hydrogens is 178 g/mol. The van der Waals surface area contributed by atoms with E-state index in [0.29, 0.717) is 11.8 Å². The molecule has 0 radical (unpaired) electrons. The summed E-state index contributed by atoms with van der Waals surface area (Å²) in [6, 6.07) is -0.0701. The summed E-state index contributed by atoms with van der Waals surface area (Å²) >= 11 is 0. The van der Waals surface area contributed by atoms with Crippen LogP contribution >= 0.6 is 0 Å². The summed E-state index contributed by atoms with van der Waals surface area (Å²) in [6.07, 6.45) is 6.30. The molecule has 1 atom stereocenters. The van der Waals surface area contributed by atoms with Crippen LogP contribution in [0.3, 0.4) is 0 Å². The minimum absolute atomic E-state index is 0.0701. The largest absolute Gasteiger partial charge is 0.424 e. The zero-order chi connectivity index (χ0) is 9.97. The second-order valence-corrected chi connectivity index (χ2v) is 4.15. The molecule has 0 aliphatic heterocycles. The van der Waals surface area contributed by atoms with E-state index in [1.165, 1.54) is 25.7 Å². The Morgan fingerprint density at radius 3 is 2.71 bits per heavy atom. The van der Waals surface area contributed by atoms with Gasteiger partial charge < -0.3 is 10.2 Å². The second kappa shape index (κ2) is 4.09. The van der Waals surface area contributed by atoms with Crippen molar-refractivity contribution in [2.75, 3.05) is 0 Å². The lowest BCUT2D eigenvalue weighted by molar-refractivity contribution is 0.372. The minimum atomic E-state index is -0.0701. The maximum atomic E-state index is 5.99. The number of aromatic nitrogens is 2. The van der Waals surface area contributed by atoms with Gasteiger partial charge in [-0.15, -0.1) is 10.2 Å². The third-order valence-electron chi connectivity index (χ3n) is 2.92. The quantitative estimate of drug-likeness (QED) is 0.800. The van der Waals surface area contributed by atoms with Gasteiger partial charge in [0.1, 0.15) is 0 Å². The van der Waals surface area contributed by atoms with Crippen molar-refractivity contribution in [3.8, 4) is 0 Å². The van der Waals surface area contributed by atoms with Crippen LogP contribution in [-0.2, 0) is 0 Å². The van der Waals surface area contributed by atoms with E-state index in [2.05, 4.69) is 10.2 Å². The van der Waals surface area contributed by atoms with Gasteiger partial charge in [0.25, 0.3) is 0 Å². The summed E-state index contributed by atoms with van der Waals surface area (Å²) in [5, 5.41) is 7.73. The van der Waals surface area contributed by atoms with E-state index in [4.69, 9.17) is 10.2 Å². The smallest absolute Gasteiger partial charge is 0.233 e. The molecule has 1 fully saturated rings. The molecule has 0 spiro atoms. The van der Waals surface area contributed by atoms with Gasteiger partial charge in [-0.1, -0.05) is 25.7 Å². The maximum Gasteiger partial charge on any atom is 0.233 e. The van der Waals surface area contributed by atoms with Gasteiger partial charge in [0, 0.05) is 6.92 Å². The van der Waals surface area contributed by atoms with Crippen LogP contribution < -0.4 is 5.73 Å². The third-order valence-corrected chi connectivity index (χ3v) is 2.92. The molecule has 1 aromatic rings. The molecule has 0 aromatic carbocycles. The standard InChI is InChI=1S/C10H17N3O/c1-7-12-13-10(14-7)9(11)6-8-4-2-3-5-8/h8-9H,2-6,11H2,1H3. The Balaban J connectivity index is 1.91. The molecule has 1 aliphatic rings. The number of nitrogens with two attached hydrogens (primary N) is 1. The molecule has 0 saturated heterocycles. The zero-order valence-electron chi connectivity index (χ0n) is 8.57. The number of hydrogen-bond acceptors (Lipinski definition) is 4. The zero-order valence-corrected chi connectivity index (χ0v) is 8.57. The predicted molar refractivity (Wildman–Crippen MR) is 52.5 cm³/mol. The molecule has 1 aliphatic carbocycles. The molecule has 4 nitrogen and oxygen atoms in total. The fourth-order valence-corrected chi connectivity index (χ4v) is 2.17. The molecule has 1 heterocycles. The number of rotatable bonds is 3. The molecule has 78 valence electrons. The van der Waals surface area contributed by atoms with E-state index < -0.39 is 0 Å². The predicted octanol–water partition coefficient (Wildman–Crippen LogP) is 1.96. The first-order valence-electron chi connectivity index (χ1n) is 5.31. The fraction of sp³-hybridized carbons (Fsp3) is 0.800. The first-order chi connectivity index (χ1) is 6.75. The highest BCUT2D eigenvalue weighted by Crippen LogP contribution is 2.31. The Labute approximate surface area is 83.9 Å². The van der Waals surface area contributed by atoms with E-state index in [-0.39, 0.29) is 6.04 Å². The van der Waals surface area contributed by atoms with Crippen molar-refractivity contribution in [1.82, 2.24) is 10.2 Å². The van der Waals surface area contributed by atoms with Gasteiger partial charge in [-0.05, 0) is 12.3 Å². The second-order valence-electron chi connectivity index (χ2n) is 4.15. The van der Waals surface area contributed by atoms with Crippen molar-refractivity contribution in [1.29, 1.82) is 0 Å². The van der Waals surface area contributed by atoms with Gasteiger partial charge in [-0.2, -0.15) is 0 Å². The van der Waals surface area contributed by atoms with E-state index in [1.54, 1.807) is 6.92 Å². The Morgan fingerprint density at radius 1 is 1.43 bits per heavy atom. The van der Waals surface area contributed by atoms with Crippen LogP contribution in [0.25, 0.3) is 0 Å². The van der Waals surface area contributed by atoms with Gasteiger partial charge in [0.15, 0.2) is 0 Å². The number of nitrogens with zero attached hydrogens (tertiary/aromatic N) is 2. The molecular formula is C10H17N3O. The average molecular weight is 195 g/mol.